The maximum absolute atomic E-state index is 9.90. The predicted molar refractivity (Wildman–Crippen MR) is 65.7 cm³/mol. The van der Waals surface area contributed by atoms with E-state index in [0.717, 1.165) is 0 Å². The Morgan fingerprint density at radius 2 is 1.05 bits per heavy atom. The summed E-state index contributed by atoms with van der Waals surface area (Å²) < 4.78 is 17.8. The summed E-state index contributed by atoms with van der Waals surface area (Å²) in [6.07, 6.45) is -6.84. The lowest BCUT2D eigenvalue weighted by molar-refractivity contribution is -0.136. The number of phosphoric acid groups is 2. The van der Waals surface area contributed by atoms with Gasteiger partial charge in [-0.15, -0.1) is 0 Å². The van der Waals surface area contributed by atoms with Crippen molar-refractivity contribution in [3.63, 3.8) is 0 Å². The number of hydrogen-bond donors (Lipinski definition) is 11. The first kappa shape index (κ1) is 26.6. The molecule has 0 bridgehead atoms. The van der Waals surface area contributed by atoms with E-state index >= 15 is 0 Å². The molecule has 0 aromatic heterocycles. The van der Waals surface area contributed by atoms with Crippen LogP contribution < -0.4 is 0 Å². The molecule has 0 aromatic rings. The molecule has 0 radical (unpaired) electrons. The van der Waals surface area contributed by atoms with E-state index in [0.29, 0.717) is 0 Å². The minimum atomic E-state index is -4.64. The molecule has 11 N–H and O–H groups in total. The second kappa shape index (κ2) is 12.2. The van der Waals surface area contributed by atoms with Crippen LogP contribution in [-0.4, -0.2) is 92.2 Å². The average molecular weight is 376 g/mol. The number of aliphatic hydroxyl groups excluding tert-OH is 5. The van der Waals surface area contributed by atoms with Crippen molar-refractivity contribution in [3.05, 3.63) is 0 Å². The molecular weight excluding hydrogens is 358 g/mol. The highest BCUT2D eigenvalue weighted by Gasteiger charge is 2.29. The topological polar surface area (TPSA) is 274 Å². The van der Waals surface area contributed by atoms with Crippen molar-refractivity contribution in [3.8, 4) is 0 Å². The quantitative estimate of drug-likeness (QED) is 0.158. The van der Waals surface area contributed by atoms with E-state index in [1.807, 2.05) is 0 Å². The molecule has 0 aliphatic carbocycles. The normalized spacial score (nSPS) is 16.9. The maximum Gasteiger partial charge on any atom is 0.466 e. The summed E-state index contributed by atoms with van der Waals surface area (Å²) in [5, 5.41) is 43.5. The lowest BCUT2D eigenvalue weighted by Gasteiger charge is -2.22. The van der Waals surface area contributed by atoms with Gasteiger partial charge in [-0.3, -0.25) is 0 Å². The Morgan fingerprint density at radius 3 is 1.23 bits per heavy atom. The Bertz CT molecular complexity index is 337. The minimum absolute atomic E-state index is 0.0258. The smallest absolute Gasteiger partial charge is 0.394 e. The molecule has 4 atom stereocenters. The summed E-state index contributed by atoms with van der Waals surface area (Å²) >= 11 is 0. The standard InChI is InChI=1S/C6H12O6.2H3O4P/c7-1-3(9)5(11)6(12)4(10)2-8;2*1-5(2,3)4/h1,3-6,8-12H,2H2;2*(H3,1,2,3,4)/t3-,4+,5+,6+;;/m0../s1. The summed E-state index contributed by atoms with van der Waals surface area (Å²) in [5.74, 6) is 0. The van der Waals surface area contributed by atoms with Crippen LogP contribution in [-0.2, 0) is 13.9 Å². The third-order valence-corrected chi connectivity index (χ3v) is 1.42. The molecule has 0 rings (SSSR count). The molecular formula is C6H18O14P2. The van der Waals surface area contributed by atoms with E-state index in [2.05, 4.69) is 0 Å². The Hall–Kier alpha value is -0.310. The monoisotopic (exact) mass is 376 g/mol. The zero-order chi connectivity index (χ0) is 18.7. The van der Waals surface area contributed by atoms with Crippen molar-refractivity contribution < 1.29 is 68.8 Å². The second-order valence-corrected chi connectivity index (χ2v) is 5.44. The summed E-state index contributed by atoms with van der Waals surface area (Å²) in [5.41, 5.74) is 0. The molecule has 0 spiro atoms. The number of carbonyl (C=O) groups is 1. The lowest BCUT2D eigenvalue weighted by atomic mass is 10.0. The number of aliphatic hydroxyl groups is 5. The van der Waals surface area contributed by atoms with Crippen molar-refractivity contribution in [2.45, 2.75) is 24.4 Å². The van der Waals surface area contributed by atoms with Gasteiger partial charge in [-0.2, -0.15) is 0 Å². The number of hydrogen-bond acceptors (Lipinski definition) is 8. The van der Waals surface area contributed by atoms with Crippen molar-refractivity contribution >= 4 is 21.9 Å². The van der Waals surface area contributed by atoms with Crippen molar-refractivity contribution in [2.75, 3.05) is 6.61 Å². The van der Waals surface area contributed by atoms with E-state index < -0.39 is 46.7 Å². The fourth-order valence-electron chi connectivity index (χ4n) is 0.618. The van der Waals surface area contributed by atoms with Gasteiger partial charge in [0.15, 0.2) is 6.29 Å². The minimum Gasteiger partial charge on any atom is -0.394 e. The molecule has 0 amide bonds. The van der Waals surface area contributed by atoms with Crippen LogP contribution in [0.15, 0.2) is 0 Å². The SMILES string of the molecule is O=C[C@H](O)[C@@H](O)[C@H](O)[C@H](O)CO.O=P(O)(O)O.O=P(O)(O)O. The van der Waals surface area contributed by atoms with Gasteiger partial charge in [0.2, 0.25) is 0 Å². The van der Waals surface area contributed by atoms with E-state index in [1.54, 1.807) is 0 Å². The van der Waals surface area contributed by atoms with Gasteiger partial charge in [0.25, 0.3) is 0 Å². The molecule has 22 heavy (non-hydrogen) atoms. The first-order chi connectivity index (χ1) is 9.54. The fourth-order valence-corrected chi connectivity index (χ4v) is 0.618. The Balaban J connectivity index is -0.000000298. The molecule has 0 aliphatic heterocycles. The predicted octanol–water partition coefficient (Wildman–Crippen LogP) is -5.24. The van der Waals surface area contributed by atoms with Crippen LogP contribution in [0.3, 0.4) is 0 Å². The van der Waals surface area contributed by atoms with Crippen LogP contribution in [0.25, 0.3) is 0 Å². The summed E-state index contributed by atoms with van der Waals surface area (Å²) in [7, 11) is -9.28. The van der Waals surface area contributed by atoms with Crippen LogP contribution in [0.5, 0.6) is 0 Å². The van der Waals surface area contributed by atoms with Crippen LogP contribution in [0, 0.1) is 0 Å². The van der Waals surface area contributed by atoms with Gasteiger partial charge in [0.05, 0.1) is 6.61 Å². The Morgan fingerprint density at radius 1 is 0.773 bits per heavy atom. The zero-order valence-electron chi connectivity index (χ0n) is 10.6. The van der Waals surface area contributed by atoms with Gasteiger partial charge in [-0.1, -0.05) is 0 Å². The third-order valence-electron chi connectivity index (χ3n) is 1.42. The Labute approximate surface area is 123 Å². The van der Waals surface area contributed by atoms with Crippen molar-refractivity contribution in [1.29, 1.82) is 0 Å². The van der Waals surface area contributed by atoms with Crippen molar-refractivity contribution in [2.24, 2.45) is 0 Å². The van der Waals surface area contributed by atoms with Gasteiger partial charge < -0.3 is 59.7 Å². The van der Waals surface area contributed by atoms with Crippen molar-refractivity contribution in [1.82, 2.24) is 0 Å². The van der Waals surface area contributed by atoms with Gasteiger partial charge in [0.1, 0.15) is 24.4 Å². The molecule has 0 aromatic carbocycles. The second-order valence-electron chi connectivity index (χ2n) is 3.38. The van der Waals surface area contributed by atoms with Crippen LogP contribution in [0.1, 0.15) is 0 Å². The maximum atomic E-state index is 9.90. The first-order valence-electron chi connectivity index (χ1n) is 4.89. The molecule has 0 saturated carbocycles. The van der Waals surface area contributed by atoms with Gasteiger partial charge in [0, 0.05) is 0 Å². The highest BCUT2D eigenvalue weighted by Crippen LogP contribution is 2.26. The molecule has 0 heterocycles. The molecule has 14 nitrogen and oxygen atoms in total. The van der Waals surface area contributed by atoms with Crippen LogP contribution in [0.2, 0.25) is 0 Å². The first-order valence-corrected chi connectivity index (χ1v) is 8.02. The highest BCUT2D eigenvalue weighted by atomic mass is 31.2. The van der Waals surface area contributed by atoms with Gasteiger partial charge >= 0.3 is 15.6 Å². The number of carbonyl (C=O) groups excluding carboxylic acids is 1. The molecule has 16 heteroatoms. The number of rotatable bonds is 5. The largest absolute Gasteiger partial charge is 0.466 e. The molecule has 0 fully saturated rings. The summed E-state index contributed by atoms with van der Waals surface area (Å²) in [6, 6.07) is 0. The van der Waals surface area contributed by atoms with E-state index in [9.17, 15) is 4.79 Å². The molecule has 0 unspecified atom stereocenters. The van der Waals surface area contributed by atoms with Crippen LogP contribution in [0.4, 0.5) is 0 Å². The zero-order valence-corrected chi connectivity index (χ0v) is 12.4. The van der Waals surface area contributed by atoms with E-state index in [1.165, 1.54) is 0 Å². The summed E-state index contributed by atoms with van der Waals surface area (Å²) in [4.78, 5) is 53.0. The number of aldehydes is 1. The average Bonchev–Trinajstić information content (AvgIpc) is 2.30. The highest BCUT2D eigenvalue weighted by molar-refractivity contribution is 7.45. The van der Waals surface area contributed by atoms with E-state index in [-0.39, 0.29) is 6.29 Å². The molecule has 0 aliphatic rings. The molecule has 0 saturated heterocycles. The van der Waals surface area contributed by atoms with Gasteiger partial charge in [-0.05, 0) is 0 Å². The van der Waals surface area contributed by atoms with E-state index in [4.69, 9.17) is 64.0 Å². The molecule has 136 valence electrons. The third kappa shape index (κ3) is 27.9. The van der Waals surface area contributed by atoms with Gasteiger partial charge in [-0.25, -0.2) is 9.13 Å². The summed E-state index contributed by atoms with van der Waals surface area (Å²) in [6.45, 7) is -0.760. The lowest BCUT2D eigenvalue weighted by Crippen LogP contribution is -2.46. The Kier molecular flexibility index (Phi) is 14.7. The fraction of sp³-hybridized carbons (Fsp3) is 0.833. The van der Waals surface area contributed by atoms with Crippen LogP contribution >= 0.6 is 15.6 Å².